The standard InChI is InChI=1S/C24H33N3O2S/c1-6-20(25-16-17(2)30)27-13-11-24(12-14-27)15-18-9-7-8-10-19(18)21(24)26-22(28)29-23(3,4)5/h6-10,16,21,30H,2,11-15H2,1,3-5H3,(H,26,28)/b20-6+,25-16?/t21-/m1/s1. The molecular formula is C24H33N3O2S. The van der Waals surface area contributed by atoms with Crippen molar-refractivity contribution in [1.29, 1.82) is 0 Å². The largest absolute Gasteiger partial charge is 0.444 e. The van der Waals surface area contributed by atoms with Crippen molar-refractivity contribution in [1.82, 2.24) is 10.2 Å². The van der Waals surface area contributed by atoms with Crippen LogP contribution in [0.15, 0.2) is 52.6 Å². The number of benzene rings is 1. The lowest BCUT2D eigenvalue weighted by molar-refractivity contribution is 0.0375. The van der Waals surface area contributed by atoms with Crippen LogP contribution in [0.4, 0.5) is 4.79 Å². The summed E-state index contributed by atoms with van der Waals surface area (Å²) in [6, 6.07) is 8.40. The highest BCUT2D eigenvalue weighted by Crippen LogP contribution is 2.52. The Morgan fingerprint density at radius 3 is 2.60 bits per heavy atom. The number of rotatable bonds is 4. The van der Waals surface area contributed by atoms with Crippen LogP contribution in [0.1, 0.15) is 57.7 Å². The molecule has 1 aliphatic carbocycles. The summed E-state index contributed by atoms with van der Waals surface area (Å²) in [6.45, 7) is 13.2. The monoisotopic (exact) mass is 427 g/mol. The third-order valence-electron chi connectivity index (χ3n) is 5.87. The number of carbonyl (C=O) groups is 1. The van der Waals surface area contributed by atoms with Gasteiger partial charge in [-0.15, -0.1) is 12.6 Å². The van der Waals surface area contributed by atoms with Gasteiger partial charge in [-0.1, -0.05) is 30.8 Å². The molecule has 1 heterocycles. The number of thiol groups is 1. The summed E-state index contributed by atoms with van der Waals surface area (Å²) >= 11 is 4.20. The van der Waals surface area contributed by atoms with Gasteiger partial charge in [0, 0.05) is 29.6 Å². The van der Waals surface area contributed by atoms with E-state index < -0.39 is 5.60 Å². The van der Waals surface area contributed by atoms with Crippen LogP contribution in [0.3, 0.4) is 0 Å². The van der Waals surface area contributed by atoms with E-state index in [-0.39, 0.29) is 17.6 Å². The van der Waals surface area contributed by atoms with Gasteiger partial charge in [-0.25, -0.2) is 9.79 Å². The molecule has 1 aromatic rings. The predicted molar refractivity (Wildman–Crippen MR) is 126 cm³/mol. The van der Waals surface area contributed by atoms with Crippen molar-refractivity contribution in [3.05, 3.63) is 58.8 Å². The summed E-state index contributed by atoms with van der Waals surface area (Å²) in [4.78, 5) is 20.1. The molecule has 0 saturated carbocycles. The van der Waals surface area contributed by atoms with Crippen molar-refractivity contribution in [3.8, 4) is 0 Å². The molecule has 1 atom stereocenters. The zero-order valence-corrected chi connectivity index (χ0v) is 19.3. The predicted octanol–water partition coefficient (Wildman–Crippen LogP) is 5.27. The van der Waals surface area contributed by atoms with Gasteiger partial charge in [0.05, 0.1) is 6.04 Å². The van der Waals surface area contributed by atoms with Gasteiger partial charge in [-0.2, -0.15) is 0 Å². The van der Waals surface area contributed by atoms with Gasteiger partial charge in [-0.3, -0.25) is 0 Å². The van der Waals surface area contributed by atoms with E-state index in [1.165, 1.54) is 11.1 Å². The molecule has 2 aliphatic rings. The van der Waals surface area contributed by atoms with E-state index in [2.05, 4.69) is 52.6 Å². The molecule has 3 rings (SSSR count). The molecule has 0 radical (unpaired) electrons. The topological polar surface area (TPSA) is 53.9 Å². The summed E-state index contributed by atoms with van der Waals surface area (Å²) in [5, 5.41) is 3.20. The van der Waals surface area contributed by atoms with Crippen molar-refractivity contribution in [2.45, 2.75) is 58.6 Å². The van der Waals surface area contributed by atoms with Crippen molar-refractivity contribution >= 4 is 24.9 Å². The smallest absolute Gasteiger partial charge is 0.408 e. The fraction of sp³-hybridized carbons (Fsp3) is 0.500. The zero-order valence-electron chi connectivity index (χ0n) is 18.4. The highest BCUT2D eigenvalue weighted by Gasteiger charge is 2.48. The number of amides is 1. The number of piperidine rings is 1. The summed E-state index contributed by atoms with van der Waals surface area (Å²) in [7, 11) is 0. The average Bonchev–Trinajstić information content (AvgIpc) is 2.95. The minimum atomic E-state index is -0.519. The van der Waals surface area contributed by atoms with E-state index >= 15 is 0 Å². The first-order valence-corrected chi connectivity index (χ1v) is 11.0. The van der Waals surface area contributed by atoms with Crippen LogP contribution in [0, 0.1) is 5.41 Å². The zero-order chi connectivity index (χ0) is 21.9. The number of aliphatic imine (C=N–C) groups is 1. The van der Waals surface area contributed by atoms with Gasteiger partial charge < -0.3 is 15.0 Å². The molecule has 5 nitrogen and oxygen atoms in total. The van der Waals surface area contributed by atoms with Gasteiger partial charge in [0.15, 0.2) is 0 Å². The lowest BCUT2D eigenvalue weighted by atomic mass is 9.72. The van der Waals surface area contributed by atoms with E-state index in [4.69, 9.17) is 4.74 Å². The molecule has 1 N–H and O–H groups in total. The summed E-state index contributed by atoms with van der Waals surface area (Å²) < 4.78 is 5.58. The molecule has 1 saturated heterocycles. The fourth-order valence-electron chi connectivity index (χ4n) is 4.57. The molecule has 1 aromatic carbocycles. The lowest BCUT2D eigenvalue weighted by Gasteiger charge is -2.44. The Morgan fingerprint density at radius 2 is 2.00 bits per heavy atom. The van der Waals surface area contributed by atoms with Crippen molar-refractivity contribution in [3.63, 3.8) is 0 Å². The Kier molecular flexibility index (Phi) is 6.65. The maximum Gasteiger partial charge on any atom is 0.408 e. The fourth-order valence-corrected chi connectivity index (χ4v) is 4.63. The molecule has 30 heavy (non-hydrogen) atoms. The quantitative estimate of drug-likeness (QED) is 0.509. The Morgan fingerprint density at radius 1 is 1.33 bits per heavy atom. The molecule has 6 heteroatoms. The van der Waals surface area contributed by atoms with Crippen molar-refractivity contribution in [2.24, 2.45) is 10.4 Å². The van der Waals surface area contributed by atoms with E-state index in [1.54, 1.807) is 6.21 Å². The SMILES string of the molecule is C=C(S)C=N/C(=C\C)N1CCC2(CC1)Cc1ccccc1[C@H]2NC(=O)OC(C)(C)C. The highest BCUT2D eigenvalue weighted by atomic mass is 32.1. The van der Waals surface area contributed by atoms with Gasteiger partial charge >= 0.3 is 6.09 Å². The Hall–Kier alpha value is -2.21. The second kappa shape index (κ2) is 8.88. The van der Waals surface area contributed by atoms with E-state index in [9.17, 15) is 4.79 Å². The molecule has 1 spiro atoms. The number of nitrogens with one attached hydrogen (secondary N) is 1. The molecule has 0 bridgehead atoms. The summed E-state index contributed by atoms with van der Waals surface area (Å²) in [5.74, 6) is 0.937. The van der Waals surface area contributed by atoms with Crippen molar-refractivity contribution in [2.75, 3.05) is 13.1 Å². The minimum Gasteiger partial charge on any atom is -0.444 e. The first-order chi connectivity index (χ1) is 14.1. The van der Waals surface area contributed by atoms with Gasteiger partial charge in [0.25, 0.3) is 0 Å². The number of nitrogens with zero attached hydrogens (tertiary/aromatic N) is 2. The van der Waals surface area contributed by atoms with Crippen LogP contribution in [-0.2, 0) is 11.2 Å². The van der Waals surface area contributed by atoms with Crippen LogP contribution in [0.5, 0.6) is 0 Å². The van der Waals surface area contributed by atoms with Crippen LogP contribution < -0.4 is 5.32 Å². The molecule has 1 fully saturated rings. The molecule has 1 amide bonds. The number of ether oxygens (including phenoxy) is 1. The van der Waals surface area contributed by atoms with Crippen molar-refractivity contribution < 1.29 is 9.53 Å². The van der Waals surface area contributed by atoms with E-state index in [1.807, 2.05) is 39.8 Å². The van der Waals surface area contributed by atoms with Crippen LogP contribution in [-0.4, -0.2) is 35.9 Å². The van der Waals surface area contributed by atoms with Gasteiger partial charge in [0.2, 0.25) is 0 Å². The van der Waals surface area contributed by atoms with Crippen LogP contribution in [0.25, 0.3) is 0 Å². The van der Waals surface area contributed by atoms with Gasteiger partial charge in [0.1, 0.15) is 11.4 Å². The summed E-state index contributed by atoms with van der Waals surface area (Å²) in [6.07, 6.45) is 6.26. The maximum atomic E-state index is 12.6. The highest BCUT2D eigenvalue weighted by molar-refractivity contribution is 7.85. The molecule has 0 aromatic heterocycles. The third-order valence-corrected chi connectivity index (χ3v) is 5.98. The molecule has 1 aliphatic heterocycles. The van der Waals surface area contributed by atoms with E-state index in [0.29, 0.717) is 4.91 Å². The number of fused-ring (bicyclic) bond motifs is 1. The number of hydrogen-bond acceptors (Lipinski definition) is 5. The summed E-state index contributed by atoms with van der Waals surface area (Å²) in [5.41, 5.74) is 2.01. The lowest BCUT2D eigenvalue weighted by Crippen LogP contribution is -2.47. The number of alkyl carbamates (subject to hydrolysis) is 1. The number of allylic oxidation sites excluding steroid dienone is 2. The third kappa shape index (κ3) is 5.09. The Balaban J connectivity index is 1.79. The van der Waals surface area contributed by atoms with Gasteiger partial charge in [-0.05, 0) is 64.2 Å². The maximum absolute atomic E-state index is 12.6. The minimum absolute atomic E-state index is 0.00714. The van der Waals surface area contributed by atoms with Crippen LogP contribution in [0.2, 0.25) is 0 Å². The molecular weight excluding hydrogens is 394 g/mol. The molecule has 162 valence electrons. The van der Waals surface area contributed by atoms with Crippen LogP contribution >= 0.6 is 12.6 Å². The first-order valence-electron chi connectivity index (χ1n) is 10.5. The second-order valence-corrected chi connectivity index (χ2v) is 9.78. The van der Waals surface area contributed by atoms with E-state index in [0.717, 1.165) is 38.2 Å². The Bertz CT molecular complexity index is 861. The molecule has 0 unspecified atom stereocenters. The number of hydrogen-bond donors (Lipinski definition) is 2. The average molecular weight is 428 g/mol. The number of likely N-dealkylation sites (tertiary alicyclic amines) is 1. The number of carbonyl (C=O) groups excluding carboxylic acids is 1. The second-order valence-electron chi connectivity index (χ2n) is 9.20. The Labute approximate surface area is 185 Å². The first kappa shape index (κ1) is 22.5. The normalized spacial score (nSPS) is 21.0.